The van der Waals surface area contributed by atoms with E-state index in [2.05, 4.69) is 46.0 Å². The molecule has 0 bridgehead atoms. The van der Waals surface area contributed by atoms with Gasteiger partial charge >= 0.3 is 0 Å². The molecule has 1 aromatic rings. The summed E-state index contributed by atoms with van der Waals surface area (Å²) < 4.78 is 6.85. The van der Waals surface area contributed by atoms with E-state index >= 15 is 0 Å². The summed E-state index contributed by atoms with van der Waals surface area (Å²) in [7, 11) is 0. The normalized spacial score (nSPS) is 23.0. The minimum atomic E-state index is 0.0950. The minimum Gasteiger partial charge on any atom is -0.374 e. The maximum absolute atomic E-state index is 5.91. The molecule has 1 saturated heterocycles. The topological polar surface area (TPSA) is 38.5 Å². The van der Waals surface area contributed by atoms with Gasteiger partial charge in [-0.15, -0.1) is 0 Å². The molecule has 0 amide bonds. The molecule has 1 aromatic carbocycles. The van der Waals surface area contributed by atoms with E-state index in [1.54, 1.807) is 0 Å². The van der Waals surface area contributed by atoms with Gasteiger partial charge in [0.2, 0.25) is 0 Å². The average Bonchev–Trinajstić information content (AvgIpc) is 2.34. The number of hydrogen-bond donors (Lipinski definition) is 1. The van der Waals surface area contributed by atoms with Crippen LogP contribution in [0.15, 0.2) is 22.7 Å². The van der Waals surface area contributed by atoms with Crippen molar-refractivity contribution in [3.05, 3.63) is 33.8 Å². The van der Waals surface area contributed by atoms with Crippen LogP contribution in [0.1, 0.15) is 18.1 Å². The van der Waals surface area contributed by atoms with Gasteiger partial charge in [0.1, 0.15) is 0 Å². The second-order valence-electron chi connectivity index (χ2n) is 5.09. The van der Waals surface area contributed by atoms with Gasteiger partial charge in [0.05, 0.1) is 12.7 Å². The van der Waals surface area contributed by atoms with Crippen molar-refractivity contribution >= 4 is 15.9 Å². The number of nitrogens with two attached hydrogens (primary N) is 1. The third-order valence-electron chi connectivity index (χ3n) is 3.41. The molecular weight excluding hydrogens is 292 g/mol. The zero-order valence-corrected chi connectivity index (χ0v) is 12.6. The van der Waals surface area contributed by atoms with Crippen molar-refractivity contribution in [2.75, 3.05) is 19.7 Å². The Kier molecular flexibility index (Phi) is 4.78. The summed E-state index contributed by atoms with van der Waals surface area (Å²) in [5.74, 6) is 0. The first-order valence-electron chi connectivity index (χ1n) is 6.41. The molecule has 0 spiro atoms. The Balaban J connectivity index is 1.98. The molecule has 100 valence electrons. The number of morpholine rings is 1. The largest absolute Gasteiger partial charge is 0.374 e. The molecule has 0 aliphatic carbocycles. The van der Waals surface area contributed by atoms with Crippen LogP contribution >= 0.6 is 15.9 Å². The Labute approximate surface area is 117 Å². The van der Waals surface area contributed by atoms with Crippen molar-refractivity contribution in [1.82, 2.24) is 4.90 Å². The summed E-state index contributed by atoms with van der Waals surface area (Å²) in [5.41, 5.74) is 8.51. The Hall–Kier alpha value is -0.420. The third kappa shape index (κ3) is 3.54. The minimum absolute atomic E-state index is 0.0950. The van der Waals surface area contributed by atoms with E-state index in [-0.39, 0.29) is 12.1 Å². The van der Waals surface area contributed by atoms with Crippen molar-refractivity contribution in [1.29, 1.82) is 0 Å². The van der Waals surface area contributed by atoms with Crippen molar-refractivity contribution in [3.63, 3.8) is 0 Å². The lowest BCUT2D eigenvalue weighted by Crippen LogP contribution is -2.49. The number of hydrogen-bond acceptors (Lipinski definition) is 3. The molecule has 4 heteroatoms. The zero-order valence-electron chi connectivity index (χ0n) is 11.0. The summed E-state index contributed by atoms with van der Waals surface area (Å²) >= 11 is 3.58. The maximum atomic E-state index is 5.91. The van der Waals surface area contributed by atoms with Gasteiger partial charge in [0.25, 0.3) is 0 Å². The summed E-state index contributed by atoms with van der Waals surface area (Å²) in [4.78, 5) is 2.41. The van der Waals surface area contributed by atoms with Crippen LogP contribution < -0.4 is 5.73 Å². The standard InChI is InChI=1S/C14H21BrN2O/c1-10-3-4-12(7-13(10)15)8-17-5-6-18-14(9-17)11(2)16/h3-4,7,11,14H,5-6,8-9,16H2,1-2H3. The van der Waals surface area contributed by atoms with Crippen molar-refractivity contribution in [2.24, 2.45) is 5.73 Å². The quantitative estimate of drug-likeness (QED) is 0.931. The van der Waals surface area contributed by atoms with E-state index in [0.717, 1.165) is 26.2 Å². The van der Waals surface area contributed by atoms with Crippen LogP contribution in [0.25, 0.3) is 0 Å². The molecule has 1 fully saturated rings. The summed E-state index contributed by atoms with van der Waals surface area (Å²) in [6.45, 7) is 7.76. The fraction of sp³-hybridized carbons (Fsp3) is 0.571. The number of rotatable bonds is 3. The van der Waals surface area contributed by atoms with Gasteiger partial charge in [-0.05, 0) is 31.0 Å². The first-order chi connectivity index (χ1) is 8.56. The predicted octanol–water partition coefficient (Wildman–Crippen LogP) is 2.31. The molecule has 18 heavy (non-hydrogen) atoms. The van der Waals surface area contributed by atoms with Crippen LogP contribution in [0, 0.1) is 6.92 Å². The molecule has 2 rings (SSSR count). The number of aryl methyl sites for hydroxylation is 1. The number of benzene rings is 1. The lowest BCUT2D eigenvalue weighted by atomic mass is 10.1. The van der Waals surface area contributed by atoms with Gasteiger partial charge in [-0.3, -0.25) is 4.90 Å². The van der Waals surface area contributed by atoms with Gasteiger partial charge in [0, 0.05) is 30.1 Å². The highest BCUT2D eigenvalue weighted by Crippen LogP contribution is 2.19. The predicted molar refractivity (Wildman–Crippen MR) is 77.5 cm³/mol. The zero-order chi connectivity index (χ0) is 13.1. The third-order valence-corrected chi connectivity index (χ3v) is 4.26. The highest BCUT2D eigenvalue weighted by atomic mass is 79.9. The van der Waals surface area contributed by atoms with Crippen molar-refractivity contribution < 1.29 is 4.74 Å². The molecule has 0 aromatic heterocycles. The van der Waals surface area contributed by atoms with Crippen LogP contribution in [0.3, 0.4) is 0 Å². The average molecular weight is 313 g/mol. The van der Waals surface area contributed by atoms with E-state index in [9.17, 15) is 0 Å². The summed E-state index contributed by atoms with van der Waals surface area (Å²) in [6, 6.07) is 6.64. The fourth-order valence-corrected chi connectivity index (χ4v) is 2.61. The second-order valence-corrected chi connectivity index (χ2v) is 5.94. The van der Waals surface area contributed by atoms with E-state index in [0.29, 0.717) is 0 Å². The lowest BCUT2D eigenvalue weighted by molar-refractivity contribution is -0.0403. The molecule has 1 heterocycles. The Morgan fingerprint density at radius 3 is 3.00 bits per heavy atom. The smallest absolute Gasteiger partial charge is 0.0850 e. The van der Waals surface area contributed by atoms with E-state index in [1.165, 1.54) is 15.6 Å². The van der Waals surface area contributed by atoms with Gasteiger partial charge in [-0.1, -0.05) is 28.1 Å². The lowest BCUT2D eigenvalue weighted by Gasteiger charge is -2.34. The molecule has 2 unspecified atom stereocenters. The van der Waals surface area contributed by atoms with Crippen molar-refractivity contribution in [3.8, 4) is 0 Å². The van der Waals surface area contributed by atoms with E-state index in [4.69, 9.17) is 10.5 Å². The molecule has 1 aliphatic heterocycles. The summed E-state index contributed by atoms with van der Waals surface area (Å²) in [5, 5.41) is 0. The van der Waals surface area contributed by atoms with Crippen LogP contribution in [0.2, 0.25) is 0 Å². The molecule has 0 saturated carbocycles. The Morgan fingerprint density at radius 2 is 2.33 bits per heavy atom. The van der Waals surface area contributed by atoms with E-state index in [1.807, 2.05) is 6.92 Å². The molecular formula is C14H21BrN2O. The maximum Gasteiger partial charge on any atom is 0.0850 e. The molecule has 0 radical (unpaired) electrons. The van der Waals surface area contributed by atoms with Crippen molar-refractivity contribution in [2.45, 2.75) is 32.5 Å². The monoisotopic (exact) mass is 312 g/mol. The van der Waals surface area contributed by atoms with Gasteiger partial charge < -0.3 is 10.5 Å². The van der Waals surface area contributed by atoms with Crippen LogP contribution in [0.5, 0.6) is 0 Å². The highest BCUT2D eigenvalue weighted by molar-refractivity contribution is 9.10. The first kappa shape index (κ1) is 14.0. The second kappa shape index (κ2) is 6.15. The highest BCUT2D eigenvalue weighted by Gasteiger charge is 2.23. The van der Waals surface area contributed by atoms with Crippen LogP contribution in [-0.4, -0.2) is 36.7 Å². The van der Waals surface area contributed by atoms with Gasteiger partial charge in [-0.2, -0.15) is 0 Å². The van der Waals surface area contributed by atoms with Gasteiger partial charge in [0.15, 0.2) is 0 Å². The Bertz CT molecular complexity index is 409. The SMILES string of the molecule is Cc1ccc(CN2CCOC(C(C)N)C2)cc1Br. The Morgan fingerprint density at radius 1 is 1.56 bits per heavy atom. The molecule has 3 nitrogen and oxygen atoms in total. The number of halogens is 1. The fourth-order valence-electron chi connectivity index (χ4n) is 2.19. The van der Waals surface area contributed by atoms with Gasteiger partial charge in [-0.25, -0.2) is 0 Å². The first-order valence-corrected chi connectivity index (χ1v) is 7.20. The molecule has 2 N–H and O–H groups in total. The van der Waals surface area contributed by atoms with E-state index < -0.39 is 0 Å². The molecule has 2 atom stereocenters. The molecule has 1 aliphatic rings. The number of ether oxygens (including phenoxy) is 1. The van der Waals surface area contributed by atoms with Crippen LogP contribution in [0.4, 0.5) is 0 Å². The summed E-state index contributed by atoms with van der Waals surface area (Å²) in [6.07, 6.45) is 0.160. The number of nitrogens with zero attached hydrogens (tertiary/aromatic N) is 1. The van der Waals surface area contributed by atoms with Crippen LogP contribution in [-0.2, 0) is 11.3 Å².